The standard InChI is InChI=1S/C13H24N2/c1-3-13(8-4-5-9-14-2)12-15-10-6-7-11-15/h3-4,8,14H,5-7,9-12H2,1-2H3/b8-4-,13-3+. The molecule has 0 aromatic rings. The first-order valence-corrected chi connectivity index (χ1v) is 6.05. The Morgan fingerprint density at radius 3 is 2.67 bits per heavy atom. The summed E-state index contributed by atoms with van der Waals surface area (Å²) in [5, 5.41) is 3.15. The topological polar surface area (TPSA) is 15.3 Å². The van der Waals surface area contributed by atoms with Crippen LogP contribution < -0.4 is 5.32 Å². The third-order valence-corrected chi connectivity index (χ3v) is 2.87. The van der Waals surface area contributed by atoms with Gasteiger partial charge in [-0.1, -0.05) is 18.2 Å². The van der Waals surface area contributed by atoms with E-state index in [9.17, 15) is 0 Å². The van der Waals surface area contributed by atoms with Gasteiger partial charge in [0.1, 0.15) is 0 Å². The summed E-state index contributed by atoms with van der Waals surface area (Å²) in [5.41, 5.74) is 1.45. The highest BCUT2D eigenvalue weighted by atomic mass is 15.1. The molecule has 0 radical (unpaired) electrons. The highest BCUT2D eigenvalue weighted by Gasteiger charge is 2.11. The van der Waals surface area contributed by atoms with Gasteiger partial charge in [-0.15, -0.1) is 0 Å². The summed E-state index contributed by atoms with van der Waals surface area (Å²) in [6.07, 6.45) is 10.6. The molecule has 0 aliphatic carbocycles. The maximum absolute atomic E-state index is 3.15. The molecule has 15 heavy (non-hydrogen) atoms. The molecule has 0 unspecified atom stereocenters. The molecule has 1 aliphatic rings. The van der Waals surface area contributed by atoms with Crippen LogP contribution in [0, 0.1) is 0 Å². The van der Waals surface area contributed by atoms with Crippen LogP contribution in [0.5, 0.6) is 0 Å². The van der Waals surface area contributed by atoms with Crippen LogP contribution in [0.3, 0.4) is 0 Å². The first kappa shape index (κ1) is 12.5. The Morgan fingerprint density at radius 2 is 2.07 bits per heavy atom. The Kier molecular flexibility index (Phi) is 6.37. The SMILES string of the molecule is C/C=C(\C=C/CCNC)CN1CCCC1. The van der Waals surface area contributed by atoms with E-state index in [1.54, 1.807) is 0 Å². The summed E-state index contributed by atoms with van der Waals surface area (Å²) in [7, 11) is 1.99. The number of hydrogen-bond acceptors (Lipinski definition) is 2. The van der Waals surface area contributed by atoms with Gasteiger partial charge >= 0.3 is 0 Å². The van der Waals surface area contributed by atoms with E-state index >= 15 is 0 Å². The summed E-state index contributed by atoms with van der Waals surface area (Å²) in [6.45, 7) is 6.89. The van der Waals surface area contributed by atoms with E-state index in [-0.39, 0.29) is 0 Å². The highest BCUT2D eigenvalue weighted by molar-refractivity contribution is 5.19. The Bertz CT molecular complexity index is 213. The van der Waals surface area contributed by atoms with Gasteiger partial charge < -0.3 is 5.32 Å². The zero-order valence-electron chi connectivity index (χ0n) is 10.1. The molecule has 1 saturated heterocycles. The van der Waals surface area contributed by atoms with Crippen LogP contribution in [-0.4, -0.2) is 38.1 Å². The highest BCUT2D eigenvalue weighted by Crippen LogP contribution is 2.10. The second-order valence-corrected chi connectivity index (χ2v) is 4.14. The molecule has 0 atom stereocenters. The molecule has 0 bridgehead atoms. The van der Waals surface area contributed by atoms with E-state index in [1.807, 2.05) is 7.05 Å². The molecule has 86 valence electrons. The normalized spacial score (nSPS) is 19.2. The first-order valence-electron chi connectivity index (χ1n) is 6.05. The average Bonchev–Trinajstić information content (AvgIpc) is 2.75. The van der Waals surface area contributed by atoms with Crippen molar-refractivity contribution in [2.75, 3.05) is 33.2 Å². The van der Waals surface area contributed by atoms with Crippen LogP contribution in [0.1, 0.15) is 26.2 Å². The Labute approximate surface area is 94.0 Å². The summed E-state index contributed by atoms with van der Waals surface area (Å²) < 4.78 is 0. The lowest BCUT2D eigenvalue weighted by atomic mass is 10.2. The van der Waals surface area contributed by atoms with Crippen LogP contribution in [0.4, 0.5) is 0 Å². The molecule has 0 aromatic heterocycles. The largest absolute Gasteiger partial charge is 0.319 e. The van der Waals surface area contributed by atoms with Crippen molar-refractivity contribution in [1.82, 2.24) is 10.2 Å². The molecule has 1 aliphatic heterocycles. The van der Waals surface area contributed by atoms with E-state index in [1.165, 1.54) is 31.5 Å². The lowest BCUT2D eigenvalue weighted by molar-refractivity contribution is 0.371. The second kappa shape index (κ2) is 7.66. The van der Waals surface area contributed by atoms with Crippen molar-refractivity contribution >= 4 is 0 Å². The number of rotatable bonds is 6. The number of nitrogens with zero attached hydrogens (tertiary/aromatic N) is 1. The number of hydrogen-bond donors (Lipinski definition) is 1. The summed E-state index contributed by atoms with van der Waals surface area (Å²) >= 11 is 0. The van der Waals surface area contributed by atoms with Gasteiger partial charge in [0.15, 0.2) is 0 Å². The number of nitrogens with one attached hydrogen (secondary N) is 1. The average molecular weight is 208 g/mol. The fourth-order valence-corrected chi connectivity index (χ4v) is 1.90. The fourth-order valence-electron chi connectivity index (χ4n) is 1.90. The molecule has 0 saturated carbocycles. The Hall–Kier alpha value is -0.600. The molecule has 0 aromatic carbocycles. The van der Waals surface area contributed by atoms with Gasteiger partial charge in [-0.25, -0.2) is 0 Å². The fraction of sp³-hybridized carbons (Fsp3) is 0.692. The minimum Gasteiger partial charge on any atom is -0.319 e. The minimum atomic E-state index is 1.07. The van der Waals surface area contributed by atoms with Gasteiger partial charge in [0.25, 0.3) is 0 Å². The van der Waals surface area contributed by atoms with E-state index < -0.39 is 0 Å². The van der Waals surface area contributed by atoms with Gasteiger partial charge in [-0.3, -0.25) is 4.90 Å². The third kappa shape index (κ3) is 5.14. The molecule has 1 rings (SSSR count). The minimum absolute atomic E-state index is 1.07. The predicted molar refractivity (Wildman–Crippen MR) is 67.1 cm³/mol. The Morgan fingerprint density at radius 1 is 1.33 bits per heavy atom. The third-order valence-electron chi connectivity index (χ3n) is 2.87. The van der Waals surface area contributed by atoms with Crippen molar-refractivity contribution in [3.63, 3.8) is 0 Å². The zero-order chi connectivity index (χ0) is 10.9. The monoisotopic (exact) mass is 208 g/mol. The van der Waals surface area contributed by atoms with Crippen molar-refractivity contribution in [2.24, 2.45) is 0 Å². The van der Waals surface area contributed by atoms with E-state index in [0.29, 0.717) is 0 Å². The van der Waals surface area contributed by atoms with Crippen LogP contribution in [0.2, 0.25) is 0 Å². The van der Waals surface area contributed by atoms with Crippen molar-refractivity contribution in [1.29, 1.82) is 0 Å². The quantitative estimate of drug-likeness (QED) is 0.532. The summed E-state index contributed by atoms with van der Waals surface area (Å²) in [4.78, 5) is 2.54. The second-order valence-electron chi connectivity index (χ2n) is 4.14. The van der Waals surface area contributed by atoms with Crippen molar-refractivity contribution in [3.05, 3.63) is 23.8 Å². The Balaban J connectivity index is 2.26. The van der Waals surface area contributed by atoms with Gasteiger partial charge in [0, 0.05) is 6.54 Å². The molecular formula is C13H24N2. The smallest absolute Gasteiger partial charge is 0.0230 e. The van der Waals surface area contributed by atoms with Crippen LogP contribution in [0.25, 0.3) is 0 Å². The molecular weight excluding hydrogens is 184 g/mol. The van der Waals surface area contributed by atoms with Gasteiger partial charge in [-0.2, -0.15) is 0 Å². The van der Waals surface area contributed by atoms with Crippen LogP contribution in [0.15, 0.2) is 23.8 Å². The first-order chi connectivity index (χ1) is 7.36. The van der Waals surface area contributed by atoms with E-state index in [4.69, 9.17) is 0 Å². The zero-order valence-corrected chi connectivity index (χ0v) is 10.1. The lowest BCUT2D eigenvalue weighted by Crippen LogP contribution is -2.21. The van der Waals surface area contributed by atoms with E-state index in [2.05, 4.69) is 35.4 Å². The summed E-state index contributed by atoms with van der Waals surface area (Å²) in [5.74, 6) is 0. The number of likely N-dealkylation sites (tertiary alicyclic amines) is 1. The van der Waals surface area contributed by atoms with Crippen molar-refractivity contribution < 1.29 is 0 Å². The van der Waals surface area contributed by atoms with Gasteiger partial charge in [0.2, 0.25) is 0 Å². The van der Waals surface area contributed by atoms with Crippen molar-refractivity contribution in [2.45, 2.75) is 26.2 Å². The maximum atomic E-state index is 3.15. The lowest BCUT2D eigenvalue weighted by Gasteiger charge is -2.14. The van der Waals surface area contributed by atoms with E-state index in [0.717, 1.165) is 19.5 Å². The maximum Gasteiger partial charge on any atom is 0.0230 e. The summed E-state index contributed by atoms with van der Waals surface area (Å²) in [6, 6.07) is 0. The molecule has 1 fully saturated rings. The molecule has 2 nitrogen and oxygen atoms in total. The van der Waals surface area contributed by atoms with Crippen LogP contribution >= 0.6 is 0 Å². The van der Waals surface area contributed by atoms with Crippen LogP contribution in [-0.2, 0) is 0 Å². The van der Waals surface area contributed by atoms with Gasteiger partial charge in [-0.05, 0) is 58.4 Å². The predicted octanol–water partition coefficient (Wildman–Crippen LogP) is 2.19. The molecule has 1 heterocycles. The number of allylic oxidation sites excluding steroid dienone is 1. The molecule has 1 N–H and O–H groups in total. The molecule has 0 amide bonds. The molecule has 2 heteroatoms. The van der Waals surface area contributed by atoms with Gasteiger partial charge in [0.05, 0.1) is 0 Å². The van der Waals surface area contributed by atoms with Crippen molar-refractivity contribution in [3.8, 4) is 0 Å². The molecule has 0 spiro atoms.